The number of fused-ring (bicyclic) bond motifs is 1. The Morgan fingerprint density at radius 3 is 2.30 bits per heavy atom. The van der Waals surface area contributed by atoms with E-state index in [0.29, 0.717) is 13.1 Å². The third kappa shape index (κ3) is 8.05. The van der Waals surface area contributed by atoms with Crippen molar-refractivity contribution in [3.05, 3.63) is 36.7 Å². The Labute approximate surface area is 168 Å². The first-order valence-electron chi connectivity index (χ1n) is 9.04. The van der Waals surface area contributed by atoms with Gasteiger partial charge in [0.1, 0.15) is 11.9 Å². The summed E-state index contributed by atoms with van der Waals surface area (Å²) in [6.45, 7) is 1.38. The van der Waals surface area contributed by atoms with Crippen LogP contribution in [-0.4, -0.2) is 59.1 Å². The van der Waals surface area contributed by atoms with Crippen molar-refractivity contribution < 1.29 is 41.0 Å². The third-order valence-electron chi connectivity index (χ3n) is 4.40. The number of hydrogen-bond acceptors (Lipinski definition) is 4. The van der Waals surface area contributed by atoms with Gasteiger partial charge in [-0.25, -0.2) is 4.79 Å². The fraction of sp³-hybridized carbons (Fsp3) is 0.474. The summed E-state index contributed by atoms with van der Waals surface area (Å²) >= 11 is 0. The normalized spacial score (nSPS) is 16.1. The molecule has 1 aromatic carbocycles. The lowest BCUT2D eigenvalue weighted by Crippen LogP contribution is -2.39. The molecule has 2 aromatic rings. The highest BCUT2D eigenvalue weighted by atomic mass is 19.4. The Hall–Kier alpha value is -2.56. The molecule has 0 amide bonds. The highest BCUT2D eigenvalue weighted by Crippen LogP contribution is 2.25. The van der Waals surface area contributed by atoms with E-state index < -0.39 is 24.7 Å². The first-order valence-corrected chi connectivity index (χ1v) is 9.04. The van der Waals surface area contributed by atoms with Gasteiger partial charge in [-0.05, 0) is 42.5 Å². The van der Waals surface area contributed by atoms with Crippen molar-refractivity contribution in [3.63, 3.8) is 0 Å². The van der Waals surface area contributed by atoms with Crippen molar-refractivity contribution in [1.29, 1.82) is 0 Å². The average molecular weight is 438 g/mol. The topological polar surface area (TPSA) is 62.7 Å². The van der Waals surface area contributed by atoms with Gasteiger partial charge in [0.05, 0.1) is 6.42 Å². The van der Waals surface area contributed by atoms with Gasteiger partial charge >= 0.3 is 18.3 Å². The number of halogens is 6. The van der Waals surface area contributed by atoms with Gasteiger partial charge in [-0.15, -0.1) is 0 Å². The predicted molar refractivity (Wildman–Crippen MR) is 96.2 cm³/mol. The molecule has 1 aromatic heterocycles. The van der Waals surface area contributed by atoms with Gasteiger partial charge in [0.2, 0.25) is 0 Å². The molecule has 0 radical (unpaired) electrons. The molecule has 0 unspecified atom stereocenters. The summed E-state index contributed by atoms with van der Waals surface area (Å²) in [7, 11) is 0. The number of hydrogen-bond donors (Lipinski definition) is 1. The van der Waals surface area contributed by atoms with E-state index in [4.69, 9.17) is 14.6 Å². The maximum Gasteiger partial charge on any atom is 0.490 e. The maximum absolute atomic E-state index is 12.2. The van der Waals surface area contributed by atoms with E-state index in [2.05, 4.69) is 4.98 Å². The number of carboxylic acid groups (broad SMARTS) is 1. The average Bonchev–Trinajstić information content (AvgIpc) is 2.66. The fourth-order valence-corrected chi connectivity index (χ4v) is 2.86. The summed E-state index contributed by atoms with van der Waals surface area (Å²) in [5.41, 5.74) is 0. The van der Waals surface area contributed by atoms with Gasteiger partial charge in [0.25, 0.3) is 0 Å². The van der Waals surface area contributed by atoms with Gasteiger partial charge in [-0.2, -0.15) is 26.3 Å². The van der Waals surface area contributed by atoms with Crippen LogP contribution in [0, 0.1) is 0 Å². The lowest BCUT2D eigenvalue weighted by molar-refractivity contribution is -0.192. The van der Waals surface area contributed by atoms with E-state index in [1.807, 2.05) is 29.2 Å². The number of piperidine rings is 1. The zero-order chi connectivity index (χ0) is 22.4. The highest BCUT2D eigenvalue weighted by molar-refractivity contribution is 5.82. The summed E-state index contributed by atoms with van der Waals surface area (Å²) in [4.78, 5) is 14.8. The lowest BCUT2D eigenvalue weighted by atomic mass is 10.1. The molecule has 0 bridgehead atoms. The minimum atomic E-state index is -5.08. The van der Waals surface area contributed by atoms with Crippen molar-refractivity contribution in [2.75, 3.05) is 19.6 Å². The third-order valence-corrected chi connectivity index (χ3v) is 4.40. The van der Waals surface area contributed by atoms with Crippen molar-refractivity contribution in [2.45, 2.75) is 37.7 Å². The molecule has 0 saturated carbocycles. The molecule has 3 rings (SSSR count). The number of alkyl halides is 6. The first-order chi connectivity index (χ1) is 13.9. The molecule has 0 aliphatic carbocycles. The molecule has 166 valence electrons. The van der Waals surface area contributed by atoms with E-state index in [1.54, 1.807) is 12.4 Å². The Kier molecular flexibility index (Phi) is 7.88. The van der Waals surface area contributed by atoms with Crippen LogP contribution in [-0.2, 0) is 4.79 Å². The molecule has 5 nitrogen and oxygen atoms in total. The number of aromatic nitrogens is 1. The number of carbonyl (C=O) groups is 1. The zero-order valence-electron chi connectivity index (χ0n) is 15.7. The summed E-state index contributed by atoms with van der Waals surface area (Å²) in [5, 5.41) is 9.25. The molecule has 1 fully saturated rings. The minimum Gasteiger partial charge on any atom is -0.490 e. The molecule has 1 aliphatic heterocycles. The number of aliphatic carboxylic acids is 1. The number of benzene rings is 1. The highest BCUT2D eigenvalue weighted by Gasteiger charge is 2.38. The Morgan fingerprint density at radius 2 is 1.73 bits per heavy atom. The predicted octanol–water partition coefficient (Wildman–Crippen LogP) is 4.66. The second-order valence-corrected chi connectivity index (χ2v) is 6.71. The molecule has 30 heavy (non-hydrogen) atoms. The molecule has 0 atom stereocenters. The summed E-state index contributed by atoms with van der Waals surface area (Å²) in [6, 6.07) is 7.80. The number of ether oxygens (including phenoxy) is 1. The lowest BCUT2D eigenvalue weighted by Gasteiger charge is -2.32. The van der Waals surface area contributed by atoms with Crippen molar-refractivity contribution >= 4 is 16.7 Å². The van der Waals surface area contributed by atoms with E-state index in [9.17, 15) is 26.3 Å². The first kappa shape index (κ1) is 23.7. The molecule has 1 saturated heterocycles. The van der Waals surface area contributed by atoms with Gasteiger partial charge in [0.15, 0.2) is 0 Å². The number of carboxylic acids is 1. The van der Waals surface area contributed by atoms with Gasteiger partial charge in [-0.3, -0.25) is 4.98 Å². The van der Waals surface area contributed by atoms with Gasteiger partial charge in [0, 0.05) is 37.4 Å². The number of nitrogens with zero attached hydrogens (tertiary/aromatic N) is 2. The standard InChI is InChI=1S/C17H19F3N2O.C2HF3O2/c18-17(19,20)6-10-22-8-4-15(5-9-22)23-16-2-1-14-12-21-7-3-13(14)11-16;3-2(4,5)1(6)7/h1-3,7,11-12,15H,4-6,8-10H2;(H,6,7). The van der Waals surface area contributed by atoms with Crippen LogP contribution in [0.15, 0.2) is 36.7 Å². The Morgan fingerprint density at radius 1 is 1.10 bits per heavy atom. The van der Waals surface area contributed by atoms with Gasteiger partial charge < -0.3 is 14.7 Å². The molecule has 11 heteroatoms. The van der Waals surface area contributed by atoms with Crippen LogP contribution in [0.25, 0.3) is 10.8 Å². The minimum absolute atomic E-state index is 0.0661. The zero-order valence-corrected chi connectivity index (χ0v) is 15.7. The summed E-state index contributed by atoms with van der Waals surface area (Å²) in [6.07, 6.45) is -4.77. The van der Waals surface area contributed by atoms with E-state index in [0.717, 1.165) is 29.4 Å². The number of pyridine rings is 1. The van der Waals surface area contributed by atoms with Crippen molar-refractivity contribution in [3.8, 4) is 5.75 Å². The molecule has 0 spiro atoms. The van der Waals surface area contributed by atoms with Crippen molar-refractivity contribution in [2.24, 2.45) is 0 Å². The molecule has 1 N–H and O–H groups in total. The van der Waals surface area contributed by atoms with Crippen LogP contribution in [0.2, 0.25) is 0 Å². The van der Waals surface area contributed by atoms with E-state index in [-0.39, 0.29) is 12.6 Å². The van der Waals surface area contributed by atoms with Crippen LogP contribution in [0.4, 0.5) is 26.3 Å². The number of rotatable bonds is 4. The fourth-order valence-electron chi connectivity index (χ4n) is 2.86. The molecule has 2 heterocycles. The van der Waals surface area contributed by atoms with E-state index >= 15 is 0 Å². The Balaban J connectivity index is 0.000000396. The van der Waals surface area contributed by atoms with Gasteiger partial charge in [-0.1, -0.05) is 0 Å². The van der Waals surface area contributed by atoms with Crippen LogP contribution < -0.4 is 4.74 Å². The second kappa shape index (κ2) is 9.96. The quantitative estimate of drug-likeness (QED) is 0.704. The summed E-state index contributed by atoms with van der Waals surface area (Å²) < 4.78 is 74.5. The molecular weight excluding hydrogens is 418 g/mol. The monoisotopic (exact) mass is 438 g/mol. The van der Waals surface area contributed by atoms with Crippen LogP contribution in [0.1, 0.15) is 19.3 Å². The largest absolute Gasteiger partial charge is 0.490 e. The second-order valence-electron chi connectivity index (χ2n) is 6.71. The smallest absolute Gasteiger partial charge is 0.490 e. The molecular formula is C19H20F6N2O3. The number of likely N-dealkylation sites (tertiary alicyclic amines) is 1. The Bertz CT molecular complexity index is 833. The SMILES string of the molecule is FC(F)(F)CCN1CCC(Oc2ccc3cnccc3c2)CC1.O=C(O)C(F)(F)F. The molecule has 1 aliphatic rings. The van der Waals surface area contributed by atoms with Crippen molar-refractivity contribution in [1.82, 2.24) is 9.88 Å². The van der Waals surface area contributed by atoms with Crippen LogP contribution >= 0.6 is 0 Å². The van der Waals surface area contributed by atoms with Crippen LogP contribution in [0.3, 0.4) is 0 Å². The maximum atomic E-state index is 12.2. The summed E-state index contributed by atoms with van der Waals surface area (Å²) in [5.74, 6) is -1.95. The van der Waals surface area contributed by atoms with E-state index in [1.165, 1.54) is 0 Å². The van der Waals surface area contributed by atoms with Crippen LogP contribution in [0.5, 0.6) is 5.75 Å².